The molecule has 78 valence electrons. The molecular formula is C12H11ClO2. The molecule has 1 aromatic carbocycles. The van der Waals surface area contributed by atoms with Gasteiger partial charge in [0.1, 0.15) is 0 Å². The third kappa shape index (κ3) is 3.65. The molecule has 1 aromatic rings. The van der Waals surface area contributed by atoms with Gasteiger partial charge in [-0.05, 0) is 37.6 Å². The van der Waals surface area contributed by atoms with Gasteiger partial charge in [0.05, 0.1) is 6.61 Å². The maximum atomic E-state index is 11.0. The Balaban J connectivity index is 2.84. The van der Waals surface area contributed by atoms with Crippen molar-refractivity contribution in [3.63, 3.8) is 0 Å². The highest BCUT2D eigenvalue weighted by atomic mass is 35.5. The van der Waals surface area contributed by atoms with E-state index in [2.05, 4.69) is 16.6 Å². The Morgan fingerprint density at radius 3 is 2.87 bits per heavy atom. The number of hydrogen-bond donors (Lipinski definition) is 0. The minimum absolute atomic E-state index is 0.340. The van der Waals surface area contributed by atoms with Crippen molar-refractivity contribution < 1.29 is 9.53 Å². The molecule has 0 aromatic heterocycles. The molecule has 1 rings (SSSR count). The van der Waals surface area contributed by atoms with Crippen molar-refractivity contribution in [3.8, 4) is 11.8 Å². The van der Waals surface area contributed by atoms with Gasteiger partial charge in [0, 0.05) is 16.5 Å². The highest BCUT2D eigenvalue weighted by molar-refractivity contribution is 6.30. The minimum Gasteiger partial charge on any atom is -0.456 e. The predicted molar refractivity (Wildman–Crippen MR) is 59.7 cm³/mol. The summed E-state index contributed by atoms with van der Waals surface area (Å²) >= 11 is 5.79. The topological polar surface area (TPSA) is 26.3 Å². The molecular weight excluding hydrogens is 212 g/mol. The zero-order valence-electron chi connectivity index (χ0n) is 8.63. The fourth-order valence-corrected chi connectivity index (χ4v) is 1.28. The first kappa shape index (κ1) is 11.6. The summed E-state index contributed by atoms with van der Waals surface area (Å²) in [5.74, 6) is 4.64. The van der Waals surface area contributed by atoms with E-state index in [-0.39, 0.29) is 0 Å². The number of carbonyl (C=O) groups is 1. The molecule has 0 unspecified atom stereocenters. The Morgan fingerprint density at radius 1 is 1.53 bits per heavy atom. The van der Waals surface area contributed by atoms with Crippen molar-refractivity contribution in [2.75, 3.05) is 6.61 Å². The lowest BCUT2D eigenvalue weighted by Gasteiger charge is -1.97. The van der Waals surface area contributed by atoms with E-state index in [9.17, 15) is 4.79 Å². The average molecular weight is 223 g/mol. The van der Waals surface area contributed by atoms with Gasteiger partial charge in [-0.25, -0.2) is 4.79 Å². The lowest BCUT2D eigenvalue weighted by molar-refractivity contribution is -0.136. The zero-order chi connectivity index (χ0) is 11.3. The number of aryl methyl sites for hydroxylation is 1. The largest absolute Gasteiger partial charge is 0.456 e. The van der Waals surface area contributed by atoms with Crippen LogP contribution in [-0.4, -0.2) is 12.6 Å². The van der Waals surface area contributed by atoms with E-state index in [1.807, 2.05) is 6.92 Å². The van der Waals surface area contributed by atoms with Crippen LogP contribution in [0.4, 0.5) is 0 Å². The molecule has 0 aliphatic heterocycles. The molecule has 0 radical (unpaired) electrons. The number of halogens is 1. The highest BCUT2D eigenvalue weighted by Gasteiger charge is 1.97. The molecule has 0 fully saturated rings. The molecule has 0 aliphatic carbocycles. The van der Waals surface area contributed by atoms with Crippen molar-refractivity contribution in [1.29, 1.82) is 0 Å². The number of ether oxygens (including phenoxy) is 1. The Bertz CT molecular complexity index is 427. The van der Waals surface area contributed by atoms with Crippen LogP contribution in [0, 0.1) is 18.8 Å². The molecule has 0 amide bonds. The third-order valence-electron chi connectivity index (χ3n) is 1.76. The van der Waals surface area contributed by atoms with Crippen molar-refractivity contribution in [1.82, 2.24) is 0 Å². The number of esters is 1. The van der Waals surface area contributed by atoms with E-state index in [1.54, 1.807) is 25.1 Å². The fourth-order valence-electron chi connectivity index (χ4n) is 1.05. The quantitative estimate of drug-likeness (QED) is 0.539. The van der Waals surface area contributed by atoms with Gasteiger partial charge in [0.15, 0.2) is 0 Å². The fraction of sp³-hybridized carbons (Fsp3) is 0.250. The molecule has 2 nitrogen and oxygen atoms in total. The van der Waals surface area contributed by atoms with E-state index < -0.39 is 5.97 Å². The molecule has 0 bridgehead atoms. The molecule has 0 spiro atoms. The van der Waals surface area contributed by atoms with Crippen LogP contribution < -0.4 is 0 Å². The minimum atomic E-state index is -0.508. The van der Waals surface area contributed by atoms with Crippen LogP contribution in [0.15, 0.2) is 18.2 Å². The van der Waals surface area contributed by atoms with Crippen LogP contribution in [0.5, 0.6) is 0 Å². The van der Waals surface area contributed by atoms with Crippen molar-refractivity contribution in [2.24, 2.45) is 0 Å². The van der Waals surface area contributed by atoms with E-state index >= 15 is 0 Å². The summed E-state index contributed by atoms with van der Waals surface area (Å²) in [6.07, 6.45) is 0. The van der Waals surface area contributed by atoms with Crippen LogP contribution in [0.2, 0.25) is 5.02 Å². The smallest absolute Gasteiger partial charge is 0.384 e. The second-order valence-electron chi connectivity index (χ2n) is 2.93. The molecule has 0 saturated carbocycles. The van der Waals surface area contributed by atoms with E-state index in [0.29, 0.717) is 11.6 Å². The van der Waals surface area contributed by atoms with Crippen molar-refractivity contribution >= 4 is 17.6 Å². The second-order valence-corrected chi connectivity index (χ2v) is 3.37. The van der Waals surface area contributed by atoms with Gasteiger partial charge in [-0.2, -0.15) is 0 Å². The van der Waals surface area contributed by atoms with Crippen LogP contribution in [-0.2, 0) is 9.53 Å². The van der Waals surface area contributed by atoms with Gasteiger partial charge in [-0.3, -0.25) is 0 Å². The first-order chi connectivity index (χ1) is 7.13. The molecule has 0 atom stereocenters. The number of hydrogen-bond acceptors (Lipinski definition) is 2. The monoisotopic (exact) mass is 222 g/mol. The summed E-state index contributed by atoms with van der Waals surface area (Å²) in [6.45, 7) is 3.97. The molecule has 0 N–H and O–H groups in total. The molecule has 0 saturated heterocycles. The normalized spacial score (nSPS) is 9.00. The summed E-state index contributed by atoms with van der Waals surface area (Å²) in [6, 6.07) is 5.32. The van der Waals surface area contributed by atoms with Crippen LogP contribution in [0.3, 0.4) is 0 Å². The lowest BCUT2D eigenvalue weighted by atomic mass is 10.1. The highest BCUT2D eigenvalue weighted by Crippen LogP contribution is 2.13. The zero-order valence-corrected chi connectivity index (χ0v) is 9.39. The molecule has 0 aliphatic rings. The van der Waals surface area contributed by atoms with Crippen molar-refractivity contribution in [2.45, 2.75) is 13.8 Å². The summed E-state index contributed by atoms with van der Waals surface area (Å²) in [5.41, 5.74) is 1.73. The summed E-state index contributed by atoms with van der Waals surface area (Å²) in [4.78, 5) is 11.0. The average Bonchev–Trinajstić information content (AvgIpc) is 2.17. The number of rotatable bonds is 1. The molecule has 15 heavy (non-hydrogen) atoms. The Hall–Kier alpha value is -1.46. The van der Waals surface area contributed by atoms with Crippen molar-refractivity contribution in [3.05, 3.63) is 34.3 Å². The Labute approximate surface area is 94.2 Å². The Morgan fingerprint density at radius 2 is 2.27 bits per heavy atom. The summed E-state index contributed by atoms with van der Waals surface area (Å²) < 4.78 is 4.69. The van der Waals surface area contributed by atoms with Crippen LogP contribution in [0.1, 0.15) is 18.1 Å². The van der Waals surface area contributed by atoms with Gasteiger partial charge < -0.3 is 4.74 Å². The number of carbonyl (C=O) groups excluding carboxylic acids is 1. The first-order valence-corrected chi connectivity index (χ1v) is 4.96. The van der Waals surface area contributed by atoms with Gasteiger partial charge in [-0.1, -0.05) is 17.5 Å². The second kappa shape index (κ2) is 5.43. The molecule has 3 heteroatoms. The maximum Gasteiger partial charge on any atom is 0.384 e. The van der Waals surface area contributed by atoms with Crippen LogP contribution in [0.25, 0.3) is 0 Å². The maximum absolute atomic E-state index is 11.0. The SMILES string of the molecule is CCOC(=O)C#Cc1ccc(Cl)cc1C. The standard InChI is InChI=1S/C12H11ClO2/c1-3-15-12(14)7-5-10-4-6-11(13)8-9(10)2/h4,6,8H,3H2,1-2H3. The van der Waals surface area contributed by atoms with Gasteiger partial charge >= 0.3 is 5.97 Å². The van der Waals surface area contributed by atoms with E-state index in [0.717, 1.165) is 11.1 Å². The van der Waals surface area contributed by atoms with E-state index in [4.69, 9.17) is 11.6 Å². The molecule has 0 heterocycles. The lowest BCUT2D eigenvalue weighted by Crippen LogP contribution is -1.99. The number of benzene rings is 1. The van der Waals surface area contributed by atoms with Gasteiger partial charge in [-0.15, -0.1) is 0 Å². The summed E-state index contributed by atoms with van der Waals surface area (Å²) in [5, 5.41) is 0.661. The van der Waals surface area contributed by atoms with Crippen LogP contribution >= 0.6 is 11.6 Å². The van der Waals surface area contributed by atoms with E-state index in [1.165, 1.54) is 0 Å². The Kier molecular flexibility index (Phi) is 4.20. The van der Waals surface area contributed by atoms with Gasteiger partial charge in [0.2, 0.25) is 0 Å². The predicted octanol–water partition coefficient (Wildman–Crippen LogP) is 2.56. The van der Waals surface area contributed by atoms with Gasteiger partial charge in [0.25, 0.3) is 0 Å². The first-order valence-electron chi connectivity index (χ1n) is 4.58. The summed E-state index contributed by atoms with van der Waals surface area (Å²) in [7, 11) is 0. The third-order valence-corrected chi connectivity index (χ3v) is 2.00.